The smallest absolute Gasteiger partial charge is 0.252 e. The predicted octanol–water partition coefficient (Wildman–Crippen LogP) is 0.934. The van der Waals surface area contributed by atoms with E-state index >= 15 is 0 Å². The minimum Gasteiger partial charge on any atom is -0.380 e. The van der Waals surface area contributed by atoms with E-state index in [1.54, 1.807) is 35.3 Å². The number of rotatable bonds is 3. The second-order valence-electron chi connectivity index (χ2n) is 5.97. The maximum atomic E-state index is 12.5. The van der Waals surface area contributed by atoms with E-state index in [-0.39, 0.29) is 22.4 Å². The van der Waals surface area contributed by atoms with Gasteiger partial charge in [0.25, 0.3) is 5.91 Å². The van der Waals surface area contributed by atoms with Crippen LogP contribution in [-0.4, -0.2) is 74.1 Å². The van der Waals surface area contributed by atoms with Crippen molar-refractivity contribution in [1.82, 2.24) is 10.2 Å². The summed E-state index contributed by atoms with van der Waals surface area (Å²) < 4.78 is -0.00240. The lowest BCUT2D eigenvalue weighted by atomic mass is 9.95. The first kappa shape index (κ1) is 17.5. The zero-order chi connectivity index (χ0) is 16.3. The van der Waals surface area contributed by atoms with Crippen LogP contribution in [0.2, 0.25) is 0 Å². The molecule has 0 aromatic carbocycles. The van der Waals surface area contributed by atoms with Crippen LogP contribution in [0.3, 0.4) is 0 Å². The molecule has 23 heavy (non-hydrogen) atoms. The maximum absolute atomic E-state index is 12.5. The first-order valence-electron chi connectivity index (χ1n) is 7.88. The van der Waals surface area contributed by atoms with Crippen LogP contribution in [-0.2, 0) is 9.59 Å². The number of amides is 2. The predicted molar refractivity (Wildman–Crippen MR) is 97.9 cm³/mol. The molecule has 0 aromatic heterocycles. The molecule has 2 saturated heterocycles. The first-order valence-corrected chi connectivity index (χ1v) is 11.1. The van der Waals surface area contributed by atoms with Crippen molar-refractivity contribution in [3.63, 3.8) is 0 Å². The highest BCUT2D eigenvalue weighted by molar-refractivity contribution is 8.21. The van der Waals surface area contributed by atoms with Crippen LogP contribution in [0.15, 0.2) is 12.2 Å². The van der Waals surface area contributed by atoms with Gasteiger partial charge in [-0.05, 0) is 24.3 Å². The first-order chi connectivity index (χ1) is 11.1. The van der Waals surface area contributed by atoms with Crippen LogP contribution in [0.4, 0.5) is 0 Å². The van der Waals surface area contributed by atoms with Crippen LogP contribution >= 0.6 is 35.3 Å². The lowest BCUT2D eigenvalue weighted by Gasteiger charge is -2.34. The van der Waals surface area contributed by atoms with Crippen molar-refractivity contribution < 1.29 is 14.7 Å². The van der Waals surface area contributed by atoms with Gasteiger partial charge in [-0.15, -0.1) is 23.5 Å². The molecule has 128 valence electrons. The van der Waals surface area contributed by atoms with E-state index in [2.05, 4.69) is 5.32 Å². The molecular weight excluding hydrogens is 352 g/mol. The molecule has 2 N–H and O–H groups in total. The van der Waals surface area contributed by atoms with Crippen LogP contribution in [0.25, 0.3) is 0 Å². The summed E-state index contributed by atoms with van der Waals surface area (Å²) in [5.41, 5.74) is -1.25. The average molecular weight is 375 g/mol. The van der Waals surface area contributed by atoms with E-state index < -0.39 is 5.60 Å². The highest BCUT2D eigenvalue weighted by Crippen LogP contribution is 2.33. The lowest BCUT2D eigenvalue weighted by Crippen LogP contribution is -2.55. The van der Waals surface area contributed by atoms with E-state index in [0.717, 1.165) is 23.0 Å². The monoisotopic (exact) mass is 374 g/mol. The van der Waals surface area contributed by atoms with E-state index in [4.69, 9.17) is 0 Å². The summed E-state index contributed by atoms with van der Waals surface area (Å²) >= 11 is 5.17. The molecule has 5 nitrogen and oxygen atoms in total. The van der Waals surface area contributed by atoms with Crippen molar-refractivity contribution in [3.8, 4) is 0 Å². The van der Waals surface area contributed by atoms with Gasteiger partial charge in [0.2, 0.25) is 5.91 Å². The standard InChI is InChI=1S/C15H22N2O3S3/c18-12(13-22-8-9-23-13)17-5-1-2-11(10-17)16-14(19)15(20)3-6-21-7-4-15/h1-2,11,13,20H,3-10H2,(H,16,19). The zero-order valence-corrected chi connectivity index (χ0v) is 15.4. The fourth-order valence-electron chi connectivity index (χ4n) is 2.89. The third-order valence-corrected chi connectivity index (χ3v) is 8.25. The Hall–Kier alpha value is -0.310. The van der Waals surface area contributed by atoms with Crippen LogP contribution in [0.1, 0.15) is 12.8 Å². The average Bonchev–Trinajstić information content (AvgIpc) is 3.09. The van der Waals surface area contributed by atoms with Crippen LogP contribution in [0.5, 0.6) is 0 Å². The molecule has 3 aliphatic heterocycles. The number of hydrogen-bond acceptors (Lipinski definition) is 6. The quantitative estimate of drug-likeness (QED) is 0.717. The summed E-state index contributed by atoms with van der Waals surface area (Å²) in [6.07, 6.45) is 4.85. The van der Waals surface area contributed by atoms with Crippen molar-refractivity contribution in [3.05, 3.63) is 12.2 Å². The summed E-state index contributed by atoms with van der Waals surface area (Å²) in [6.45, 7) is 1.09. The van der Waals surface area contributed by atoms with E-state index in [0.29, 0.717) is 25.9 Å². The molecule has 3 aliphatic rings. The van der Waals surface area contributed by atoms with Crippen molar-refractivity contribution in [1.29, 1.82) is 0 Å². The van der Waals surface area contributed by atoms with Gasteiger partial charge in [0.05, 0.1) is 6.04 Å². The topological polar surface area (TPSA) is 69.6 Å². The third-order valence-electron chi connectivity index (χ3n) is 4.31. The van der Waals surface area contributed by atoms with Gasteiger partial charge >= 0.3 is 0 Å². The Bertz CT molecular complexity index is 488. The van der Waals surface area contributed by atoms with E-state index in [1.165, 1.54) is 0 Å². The number of carbonyl (C=O) groups is 2. The molecule has 0 aromatic rings. The number of hydrogen-bond donors (Lipinski definition) is 2. The zero-order valence-electron chi connectivity index (χ0n) is 12.9. The summed E-state index contributed by atoms with van der Waals surface area (Å²) in [7, 11) is 0. The van der Waals surface area contributed by atoms with E-state index in [1.807, 2.05) is 17.1 Å². The minimum atomic E-state index is -1.25. The molecule has 3 heterocycles. The molecule has 1 unspecified atom stereocenters. The Morgan fingerprint density at radius 1 is 1.17 bits per heavy atom. The Balaban J connectivity index is 1.56. The Morgan fingerprint density at radius 3 is 2.57 bits per heavy atom. The van der Waals surface area contributed by atoms with Crippen LogP contribution < -0.4 is 5.32 Å². The SMILES string of the molecule is O=C(C1SCCS1)N1CC=CC(NC(=O)C2(O)CCSCC2)C1. The molecule has 0 aliphatic carbocycles. The number of nitrogens with zero attached hydrogens (tertiary/aromatic N) is 1. The van der Waals surface area contributed by atoms with Gasteiger partial charge in [0.1, 0.15) is 10.2 Å². The minimum absolute atomic E-state index is 0.00240. The van der Waals surface area contributed by atoms with Crippen molar-refractivity contribution in [2.45, 2.75) is 29.1 Å². The Morgan fingerprint density at radius 2 is 1.87 bits per heavy atom. The number of thioether (sulfide) groups is 3. The molecule has 2 amide bonds. The number of nitrogens with one attached hydrogen (secondary N) is 1. The van der Waals surface area contributed by atoms with Gasteiger partial charge < -0.3 is 15.3 Å². The maximum Gasteiger partial charge on any atom is 0.252 e. The summed E-state index contributed by atoms with van der Waals surface area (Å²) in [5.74, 6) is 3.52. The van der Waals surface area contributed by atoms with Crippen molar-refractivity contribution in [2.75, 3.05) is 36.1 Å². The molecule has 0 spiro atoms. The van der Waals surface area contributed by atoms with Gasteiger partial charge in [-0.1, -0.05) is 12.2 Å². The molecule has 3 rings (SSSR count). The second-order valence-corrected chi connectivity index (χ2v) is 9.92. The van der Waals surface area contributed by atoms with Gasteiger partial charge in [-0.2, -0.15) is 11.8 Å². The Kier molecular flexibility index (Phi) is 5.87. The van der Waals surface area contributed by atoms with Gasteiger partial charge in [-0.25, -0.2) is 0 Å². The van der Waals surface area contributed by atoms with Crippen LogP contribution in [0, 0.1) is 0 Å². The largest absolute Gasteiger partial charge is 0.380 e. The molecule has 0 radical (unpaired) electrons. The van der Waals surface area contributed by atoms with Gasteiger partial charge in [0, 0.05) is 24.6 Å². The molecule has 0 bridgehead atoms. The lowest BCUT2D eigenvalue weighted by molar-refractivity contribution is -0.141. The van der Waals surface area contributed by atoms with Crippen molar-refractivity contribution >= 4 is 47.1 Å². The fraction of sp³-hybridized carbons (Fsp3) is 0.733. The fourth-order valence-corrected chi connectivity index (χ4v) is 6.80. The second kappa shape index (κ2) is 7.72. The summed E-state index contributed by atoms with van der Waals surface area (Å²) in [4.78, 5) is 26.7. The molecular formula is C15H22N2O3S3. The normalized spacial score (nSPS) is 27.9. The summed E-state index contributed by atoms with van der Waals surface area (Å²) in [6, 6.07) is -0.213. The molecule has 1 atom stereocenters. The number of aliphatic hydroxyl groups is 1. The molecule has 8 heteroatoms. The van der Waals surface area contributed by atoms with Gasteiger partial charge in [0.15, 0.2) is 0 Å². The van der Waals surface area contributed by atoms with E-state index in [9.17, 15) is 14.7 Å². The highest BCUT2D eigenvalue weighted by atomic mass is 32.2. The number of carbonyl (C=O) groups excluding carboxylic acids is 2. The highest BCUT2D eigenvalue weighted by Gasteiger charge is 2.39. The third kappa shape index (κ3) is 4.21. The molecule has 0 saturated carbocycles. The summed E-state index contributed by atoms with van der Waals surface area (Å²) in [5, 5.41) is 13.4. The van der Waals surface area contributed by atoms with Crippen molar-refractivity contribution in [2.24, 2.45) is 0 Å². The molecule has 2 fully saturated rings. The van der Waals surface area contributed by atoms with Gasteiger partial charge in [-0.3, -0.25) is 9.59 Å². The Labute approximate surface area is 149 Å².